The highest BCUT2D eigenvalue weighted by molar-refractivity contribution is 7.12. The van der Waals surface area contributed by atoms with Gasteiger partial charge in [0.2, 0.25) is 0 Å². The number of carbonyl (C=O) groups is 1. The average Bonchev–Trinajstić information content (AvgIpc) is 3.11. The second-order valence-electron chi connectivity index (χ2n) is 5.79. The van der Waals surface area contributed by atoms with Crippen LogP contribution >= 0.6 is 11.3 Å². The summed E-state index contributed by atoms with van der Waals surface area (Å²) < 4.78 is 0. The molecule has 0 saturated carbocycles. The molecule has 0 aliphatic carbocycles. The third-order valence-corrected chi connectivity index (χ3v) is 4.94. The first kappa shape index (κ1) is 17.2. The minimum absolute atomic E-state index is 0.248. The van der Waals surface area contributed by atoms with Crippen molar-refractivity contribution in [2.75, 3.05) is 5.32 Å². The first-order valence-electron chi connectivity index (χ1n) is 8.05. The number of benzene rings is 2. The van der Waals surface area contributed by atoms with Crippen LogP contribution in [0.15, 0.2) is 66.7 Å². The minimum atomic E-state index is -0.638. The lowest BCUT2D eigenvalue weighted by Gasteiger charge is -2.08. The minimum Gasteiger partial charge on any atom is -0.383 e. The predicted molar refractivity (Wildman–Crippen MR) is 102 cm³/mol. The molecular formula is C20H20N2O2S. The van der Waals surface area contributed by atoms with E-state index in [4.69, 9.17) is 0 Å². The second kappa shape index (κ2) is 7.96. The van der Waals surface area contributed by atoms with E-state index >= 15 is 0 Å². The SMILES string of the molecule is Cc1ccc(NC(=O)NCc2ccc(C(O)c3ccccc3)s2)cc1. The summed E-state index contributed by atoms with van der Waals surface area (Å²) in [5.74, 6) is 0. The van der Waals surface area contributed by atoms with Gasteiger partial charge in [0.15, 0.2) is 0 Å². The smallest absolute Gasteiger partial charge is 0.319 e. The van der Waals surface area contributed by atoms with E-state index in [1.54, 1.807) is 0 Å². The van der Waals surface area contributed by atoms with Crippen molar-refractivity contribution in [1.29, 1.82) is 0 Å². The number of aliphatic hydroxyl groups excluding tert-OH is 1. The Labute approximate surface area is 151 Å². The van der Waals surface area contributed by atoms with Crippen molar-refractivity contribution in [2.45, 2.75) is 19.6 Å². The van der Waals surface area contributed by atoms with Gasteiger partial charge in [0.25, 0.3) is 0 Å². The van der Waals surface area contributed by atoms with Crippen molar-refractivity contribution >= 4 is 23.1 Å². The number of hydrogen-bond acceptors (Lipinski definition) is 3. The van der Waals surface area contributed by atoms with Gasteiger partial charge in [-0.05, 0) is 36.8 Å². The third kappa shape index (κ3) is 4.68. The molecule has 3 aromatic rings. The van der Waals surface area contributed by atoms with Gasteiger partial charge in [-0.25, -0.2) is 4.79 Å². The Kier molecular flexibility index (Phi) is 5.48. The van der Waals surface area contributed by atoms with Crippen molar-refractivity contribution in [3.63, 3.8) is 0 Å². The monoisotopic (exact) mass is 352 g/mol. The molecule has 25 heavy (non-hydrogen) atoms. The Bertz CT molecular complexity index is 828. The maximum absolute atomic E-state index is 12.0. The van der Waals surface area contributed by atoms with E-state index < -0.39 is 6.10 Å². The van der Waals surface area contributed by atoms with Gasteiger partial charge in [-0.1, -0.05) is 48.0 Å². The molecular weight excluding hydrogens is 332 g/mol. The fourth-order valence-corrected chi connectivity index (χ4v) is 3.38. The number of carbonyl (C=O) groups excluding carboxylic acids is 1. The predicted octanol–water partition coefficient (Wildman–Crippen LogP) is 4.46. The molecule has 2 amide bonds. The molecule has 128 valence electrons. The van der Waals surface area contributed by atoms with Gasteiger partial charge in [0.05, 0.1) is 6.54 Å². The van der Waals surface area contributed by atoms with Gasteiger partial charge in [0, 0.05) is 15.4 Å². The molecule has 0 aliphatic heterocycles. The maximum Gasteiger partial charge on any atom is 0.319 e. The number of thiophene rings is 1. The molecule has 0 aliphatic rings. The van der Waals surface area contributed by atoms with Gasteiger partial charge in [-0.15, -0.1) is 11.3 Å². The number of nitrogens with one attached hydrogen (secondary N) is 2. The summed E-state index contributed by atoms with van der Waals surface area (Å²) in [6.45, 7) is 2.42. The molecule has 1 atom stereocenters. The summed E-state index contributed by atoms with van der Waals surface area (Å²) in [5.41, 5.74) is 2.77. The molecule has 0 bridgehead atoms. The highest BCUT2D eigenvalue weighted by Crippen LogP contribution is 2.28. The first-order chi connectivity index (χ1) is 12.1. The van der Waals surface area contributed by atoms with Crippen molar-refractivity contribution in [3.05, 3.63) is 87.6 Å². The summed E-state index contributed by atoms with van der Waals surface area (Å²) in [7, 11) is 0. The van der Waals surface area contributed by atoms with E-state index in [1.807, 2.05) is 73.7 Å². The molecule has 5 heteroatoms. The standard InChI is InChI=1S/C20H20N2O2S/c1-14-7-9-16(10-8-14)22-20(24)21-13-17-11-12-18(25-17)19(23)15-5-3-2-4-6-15/h2-12,19,23H,13H2,1H3,(H2,21,22,24). The van der Waals surface area contributed by atoms with Gasteiger partial charge < -0.3 is 15.7 Å². The summed E-state index contributed by atoms with van der Waals surface area (Å²) in [5, 5.41) is 16.0. The number of aryl methyl sites for hydroxylation is 1. The zero-order valence-corrected chi connectivity index (χ0v) is 14.7. The Morgan fingerprint density at radius 3 is 2.48 bits per heavy atom. The van der Waals surface area contributed by atoms with Crippen molar-refractivity contribution in [1.82, 2.24) is 5.32 Å². The summed E-state index contributed by atoms with van der Waals surface area (Å²) in [6, 6.07) is 20.8. The Balaban J connectivity index is 1.54. The lowest BCUT2D eigenvalue weighted by Crippen LogP contribution is -2.27. The lowest BCUT2D eigenvalue weighted by atomic mass is 10.1. The number of urea groups is 1. The molecule has 2 aromatic carbocycles. The summed E-state index contributed by atoms with van der Waals surface area (Å²) in [4.78, 5) is 13.8. The van der Waals surface area contributed by atoms with Crippen LogP contribution in [-0.2, 0) is 6.54 Å². The van der Waals surface area contributed by atoms with E-state index in [-0.39, 0.29) is 6.03 Å². The van der Waals surface area contributed by atoms with Crippen LogP contribution in [0, 0.1) is 6.92 Å². The van der Waals surface area contributed by atoms with Crippen molar-refractivity contribution in [2.24, 2.45) is 0 Å². The molecule has 0 spiro atoms. The van der Waals surface area contributed by atoms with Crippen LogP contribution in [0.2, 0.25) is 0 Å². The van der Waals surface area contributed by atoms with Crippen LogP contribution in [0.3, 0.4) is 0 Å². The quantitative estimate of drug-likeness (QED) is 0.635. The third-order valence-electron chi connectivity index (χ3n) is 3.80. The highest BCUT2D eigenvalue weighted by atomic mass is 32.1. The van der Waals surface area contributed by atoms with E-state index in [2.05, 4.69) is 10.6 Å². The molecule has 0 saturated heterocycles. The zero-order chi connectivity index (χ0) is 17.6. The molecule has 1 aromatic heterocycles. The summed E-state index contributed by atoms with van der Waals surface area (Å²) >= 11 is 1.49. The molecule has 1 heterocycles. The fraction of sp³-hybridized carbons (Fsp3) is 0.150. The average molecular weight is 352 g/mol. The van der Waals surface area contributed by atoms with Gasteiger partial charge in [0.1, 0.15) is 6.10 Å². The molecule has 0 radical (unpaired) electrons. The Morgan fingerprint density at radius 2 is 1.76 bits per heavy atom. The molecule has 4 nitrogen and oxygen atoms in total. The van der Waals surface area contributed by atoms with Crippen LogP contribution in [-0.4, -0.2) is 11.1 Å². The van der Waals surface area contributed by atoms with Gasteiger partial charge in [-0.2, -0.15) is 0 Å². The lowest BCUT2D eigenvalue weighted by molar-refractivity contribution is 0.224. The molecule has 3 N–H and O–H groups in total. The normalized spacial score (nSPS) is 11.8. The molecule has 0 fully saturated rings. The highest BCUT2D eigenvalue weighted by Gasteiger charge is 2.13. The second-order valence-corrected chi connectivity index (χ2v) is 6.99. The summed E-state index contributed by atoms with van der Waals surface area (Å²) in [6.07, 6.45) is -0.638. The first-order valence-corrected chi connectivity index (χ1v) is 8.86. The van der Waals surface area contributed by atoms with Crippen LogP contribution in [0.4, 0.5) is 10.5 Å². The number of aliphatic hydroxyl groups is 1. The number of rotatable bonds is 5. The maximum atomic E-state index is 12.0. The van der Waals surface area contributed by atoms with E-state index in [0.717, 1.165) is 26.6 Å². The largest absolute Gasteiger partial charge is 0.383 e. The van der Waals surface area contributed by atoms with Crippen molar-refractivity contribution in [3.8, 4) is 0 Å². The zero-order valence-electron chi connectivity index (χ0n) is 13.9. The van der Waals surface area contributed by atoms with E-state index in [0.29, 0.717) is 6.54 Å². The molecule has 3 rings (SSSR count). The number of hydrogen-bond donors (Lipinski definition) is 3. The van der Waals surface area contributed by atoms with Gasteiger partial charge >= 0.3 is 6.03 Å². The molecule has 1 unspecified atom stereocenters. The van der Waals surface area contributed by atoms with E-state index in [1.165, 1.54) is 11.3 Å². The van der Waals surface area contributed by atoms with Gasteiger partial charge in [-0.3, -0.25) is 0 Å². The van der Waals surface area contributed by atoms with Crippen LogP contribution in [0.25, 0.3) is 0 Å². The number of amides is 2. The van der Waals surface area contributed by atoms with Crippen LogP contribution < -0.4 is 10.6 Å². The van der Waals surface area contributed by atoms with E-state index in [9.17, 15) is 9.90 Å². The Hall–Kier alpha value is -2.63. The fourth-order valence-electron chi connectivity index (χ4n) is 2.42. The number of anilines is 1. The van der Waals surface area contributed by atoms with Crippen molar-refractivity contribution < 1.29 is 9.90 Å². The topological polar surface area (TPSA) is 61.4 Å². The van der Waals surface area contributed by atoms with Crippen LogP contribution in [0.5, 0.6) is 0 Å². The van der Waals surface area contributed by atoms with Crippen LogP contribution in [0.1, 0.15) is 27.0 Å². The Morgan fingerprint density at radius 1 is 1.04 bits per heavy atom.